The standard InChI is InChI=1S/C9H18NO.CH3.Y/c1-5-8(10-4)6-9(2,3)7-11;;/h8,10H,5-6H2,1-4H3;1H3;/q2*-1;. The molecule has 1 radical (unpaired) electrons. The molecule has 3 heteroatoms. The maximum atomic E-state index is 10.4. The van der Waals surface area contributed by atoms with Gasteiger partial charge in [-0.2, -0.15) is 0 Å². The Morgan fingerprint density at radius 1 is 1.46 bits per heavy atom. The van der Waals surface area contributed by atoms with Crippen LogP contribution >= 0.6 is 0 Å². The molecule has 0 aromatic carbocycles. The molecule has 0 aliphatic rings. The second-order valence-corrected chi connectivity index (χ2v) is 3.58. The summed E-state index contributed by atoms with van der Waals surface area (Å²) >= 11 is 0. The molecule has 0 spiro atoms. The Morgan fingerprint density at radius 2 is 1.92 bits per heavy atom. The molecule has 77 valence electrons. The quantitative estimate of drug-likeness (QED) is 0.765. The van der Waals surface area contributed by atoms with Gasteiger partial charge in [-0.05, 0) is 13.5 Å². The Labute approximate surface area is 108 Å². The normalized spacial score (nSPS) is 12.3. The van der Waals surface area contributed by atoms with Crippen molar-refractivity contribution in [1.82, 2.24) is 5.32 Å². The van der Waals surface area contributed by atoms with Crippen molar-refractivity contribution in [3.05, 3.63) is 7.43 Å². The number of hydrogen-bond acceptors (Lipinski definition) is 2. The van der Waals surface area contributed by atoms with Gasteiger partial charge < -0.3 is 17.5 Å². The third-order valence-electron chi connectivity index (χ3n) is 1.93. The van der Waals surface area contributed by atoms with Crippen LogP contribution in [0.4, 0.5) is 0 Å². The van der Waals surface area contributed by atoms with E-state index in [2.05, 4.69) is 18.5 Å². The molecule has 1 unspecified atom stereocenters. The van der Waals surface area contributed by atoms with Crippen molar-refractivity contribution < 1.29 is 37.5 Å². The van der Waals surface area contributed by atoms with Gasteiger partial charge in [0.2, 0.25) is 0 Å². The van der Waals surface area contributed by atoms with Gasteiger partial charge in [0, 0.05) is 38.8 Å². The van der Waals surface area contributed by atoms with E-state index in [1.165, 1.54) is 0 Å². The third-order valence-corrected chi connectivity index (χ3v) is 1.93. The summed E-state index contributed by atoms with van der Waals surface area (Å²) in [4.78, 5) is 10.4. The van der Waals surface area contributed by atoms with E-state index < -0.39 is 0 Å². The number of nitrogens with one attached hydrogen (secondary N) is 1. The minimum Gasteiger partial charge on any atom is -0.541 e. The van der Waals surface area contributed by atoms with Crippen molar-refractivity contribution in [3.8, 4) is 0 Å². The summed E-state index contributed by atoms with van der Waals surface area (Å²) in [6.45, 7) is 5.95. The monoisotopic (exact) mass is 260 g/mol. The molecule has 0 fully saturated rings. The van der Waals surface area contributed by atoms with Crippen molar-refractivity contribution in [2.45, 2.75) is 39.7 Å². The fraction of sp³-hybridized carbons (Fsp3) is 0.800. The van der Waals surface area contributed by atoms with Crippen LogP contribution in [0.3, 0.4) is 0 Å². The second kappa shape index (κ2) is 9.30. The van der Waals surface area contributed by atoms with E-state index in [-0.39, 0.29) is 45.6 Å². The van der Waals surface area contributed by atoms with Gasteiger partial charge in [-0.3, -0.25) is 6.29 Å². The van der Waals surface area contributed by atoms with Crippen LogP contribution in [0.25, 0.3) is 0 Å². The van der Waals surface area contributed by atoms with Crippen molar-refractivity contribution in [3.63, 3.8) is 0 Å². The first-order valence-corrected chi connectivity index (χ1v) is 4.12. The minimum atomic E-state index is -0.302. The summed E-state index contributed by atoms with van der Waals surface area (Å²) in [5, 5.41) is 3.16. The van der Waals surface area contributed by atoms with Crippen molar-refractivity contribution in [2.24, 2.45) is 5.41 Å². The summed E-state index contributed by atoms with van der Waals surface area (Å²) in [7, 11) is 1.93. The molecule has 0 saturated heterocycles. The molecule has 0 heterocycles. The predicted octanol–water partition coefficient (Wildman–Crippen LogP) is 1.96. The fourth-order valence-corrected chi connectivity index (χ4v) is 1.11. The Hall–Kier alpha value is 0.734. The molecule has 1 N–H and O–H groups in total. The van der Waals surface area contributed by atoms with Gasteiger partial charge in [0.25, 0.3) is 0 Å². The first-order chi connectivity index (χ1) is 5.05. The first-order valence-electron chi connectivity index (χ1n) is 4.12. The van der Waals surface area contributed by atoms with Crippen LogP contribution in [0.5, 0.6) is 0 Å². The zero-order valence-electron chi connectivity index (χ0n) is 9.48. The van der Waals surface area contributed by atoms with Crippen LogP contribution in [0.2, 0.25) is 0 Å². The topological polar surface area (TPSA) is 29.1 Å². The van der Waals surface area contributed by atoms with Crippen LogP contribution in [0.1, 0.15) is 33.6 Å². The van der Waals surface area contributed by atoms with E-state index in [0.717, 1.165) is 12.8 Å². The first kappa shape index (κ1) is 19.3. The molecule has 0 aliphatic heterocycles. The summed E-state index contributed by atoms with van der Waals surface area (Å²) in [5.74, 6) is 0. The largest absolute Gasteiger partial charge is 0.541 e. The molecule has 0 rings (SSSR count). The van der Waals surface area contributed by atoms with Gasteiger partial charge in [-0.1, -0.05) is 27.2 Å². The summed E-state index contributed by atoms with van der Waals surface area (Å²) in [6.07, 6.45) is 3.97. The van der Waals surface area contributed by atoms with E-state index in [9.17, 15) is 4.79 Å². The van der Waals surface area contributed by atoms with Crippen molar-refractivity contribution >= 4 is 6.29 Å². The molecule has 1 atom stereocenters. The summed E-state index contributed by atoms with van der Waals surface area (Å²) in [5.41, 5.74) is -0.302. The van der Waals surface area contributed by atoms with Crippen LogP contribution in [0, 0.1) is 12.8 Å². The number of hydrogen-bond donors (Lipinski definition) is 1. The van der Waals surface area contributed by atoms with Gasteiger partial charge in [-0.15, -0.1) is 5.41 Å². The zero-order chi connectivity index (χ0) is 8.91. The smallest absolute Gasteiger partial charge is 0.00439 e. The molecule has 0 aliphatic carbocycles. The molecule has 0 bridgehead atoms. The Morgan fingerprint density at radius 3 is 2.15 bits per heavy atom. The number of carbonyl (C=O) groups excluding carboxylic acids is 1. The van der Waals surface area contributed by atoms with Crippen molar-refractivity contribution in [1.29, 1.82) is 0 Å². The summed E-state index contributed by atoms with van der Waals surface area (Å²) < 4.78 is 0. The third kappa shape index (κ3) is 9.05. The average molecular weight is 260 g/mol. The van der Waals surface area contributed by atoms with Crippen LogP contribution in [-0.4, -0.2) is 19.4 Å². The van der Waals surface area contributed by atoms with Crippen LogP contribution in [0.15, 0.2) is 0 Å². The Balaban J connectivity index is -0.000000500. The minimum absolute atomic E-state index is 0. The van der Waals surface area contributed by atoms with E-state index in [1.807, 2.05) is 20.9 Å². The van der Waals surface area contributed by atoms with Gasteiger partial charge >= 0.3 is 0 Å². The summed E-state index contributed by atoms with van der Waals surface area (Å²) in [6, 6.07) is 0.437. The number of rotatable bonds is 5. The molecular formula is C10H21NOY-2. The van der Waals surface area contributed by atoms with Crippen molar-refractivity contribution in [2.75, 3.05) is 7.05 Å². The van der Waals surface area contributed by atoms with E-state index in [0.29, 0.717) is 6.04 Å². The van der Waals surface area contributed by atoms with Gasteiger partial charge in [0.1, 0.15) is 0 Å². The van der Waals surface area contributed by atoms with Gasteiger partial charge in [-0.25, -0.2) is 0 Å². The van der Waals surface area contributed by atoms with Crippen LogP contribution in [-0.2, 0) is 37.5 Å². The fourth-order valence-electron chi connectivity index (χ4n) is 1.11. The maximum absolute atomic E-state index is 10.4. The molecule has 0 saturated carbocycles. The maximum Gasteiger partial charge on any atom is 0.00439 e. The van der Waals surface area contributed by atoms with Gasteiger partial charge in [0.15, 0.2) is 0 Å². The molecule has 13 heavy (non-hydrogen) atoms. The Bertz CT molecular complexity index is 122. The second-order valence-electron chi connectivity index (χ2n) is 3.58. The van der Waals surface area contributed by atoms with E-state index >= 15 is 0 Å². The molecule has 0 amide bonds. The molecular weight excluding hydrogens is 239 g/mol. The van der Waals surface area contributed by atoms with E-state index in [4.69, 9.17) is 0 Å². The predicted molar refractivity (Wildman–Crippen MR) is 53.6 cm³/mol. The zero-order valence-corrected chi connectivity index (χ0v) is 12.3. The van der Waals surface area contributed by atoms with Gasteiger partial charge in [0.05, 0.1) is 0 Å². The molecule has 2 nitrogen and oxygen atoms in total. The SMILES string of the molecule is CCC(CC(C)(C)[C-]=O)NC.[CH3-].[Y]. The molecule has 0 aromatic heterocycles. The average Bonchev–Trinajstić information content (AvgIpc) is 2.00. The van der Waals surface area contributed by atoms with Crippen LogP contribution < -0.4 is 5.32 Å². The van der Waals surface area contributed by atoms with E-state index in [1.54, 1.807) is 0 Å². The molecule has 0 aromatic rings. The Kier molecular flexibility index (Phi) is 13.8.